The van der Waals surface area contributed by atoms with Gasteiger partial charge in [-0.2, -0.15) is 0 Å². The van der Waals surface area contributed by atoms with Crippen LogP contribution in [0.3, 0.4) is 0 Å². The van der Waals surface area contributed by atoms with Gasteiger partial charge < -0.3 is 5.32 Å². The maximum Gasteiger partial charge on any atom is 0.261 e. The van der Waals surface area contributed by atoms with Gasteiger partial charge in [0.2, 0.25) is 10.0 Å². The molecule has 0 aliphatic heterocycles. The summed E-state index contributed by atoms with van der Waals surface area (Å²) in [4.78, 5) is 12.4. The summed E-state index contributed by atoms with van der Waals surface area (Å²) in [6, 6.07) is 15.8. The van der Waals surface area contributed by atoms with Crippen LogP contribution < -0.4 is 14.8 Å². The van der Waals surface area contributed by atoms with Crippen LogP contribution in [-0.4, -0.2) is 29.0 Å². The number of sulfonamides is 2. The van der Waals surface area contributed by atoms with E-state index in [1.807, 2.05) is 0 Å². The van der Waals surface area contributed by atoms with Crippen molar-refractivity contribution in [1.82, 2.24) is 0 Å². The second-order valence-corrected chi connectivity index (χ2v) is 11.0. The standard InChI is InChI=1S/C20H17Cl2N3O5S2/c1-31(27,28)24-17-4-2-3-13(9-17)20(26)23-16-5-7-19(8-6-16)32(29,30)25-18-11-14(21)10-15(22)12-18/h2-12,24-25H,1H3,(H,23,26). The van der Waals surface area contributed by atoms with Crippen molar-refractivity contribution in [3.8, 4) is 0 Å². The number of hydrogen-bond donors (Lipinski definition) is 3. The Morgan fingerprint density at radius 1 is 0.750 bits per heavy atom. The molecule has 0 atom stereocenters. The van der Waals surface area contributed by atoms with Gasteiger partial charge in [-0.1, -0.05) is 29.3 Å². The van der Waals surface area contributed by atoms with Gasteiger partial charge >= 0.3 is 0 Å². The first-order valence-electron chi connectivity index (χ1n) is 8.89. The summed E-state index contributed by atoms with van der Waals surface area (Å²) >= 11 is 11.8. The fraction of sp³-hybridized carbons (Fsp3) is 0.0500. The van der Waals surface area contributed by atoms with E-state index in [0.29, 0.717) is 5.69 Å². The summed E-state index contributed by atoms with van der Waals surface area (Å²) < 4.78 is 52.6. The van der Waals surface area contributed by atoms with Crippen LogP contribution in [-0.2, 0) is 20.0 Å². The van der Waals surface area contributed by atoms with Gasteiger partial charge in [-0.25, -0.2) is 16.8 Å². The topological polar surface area (TPSA) is 121 Å². The Morgan fingerprint density at radius 2 is 1.38 bits per heavy atom. The lowest BCUT2D eigenvalue weighted by Gasteiger charge is -2.11. The number of amides is 1. The molecule has 0 fully saturated rings. The van der Waals surface area contributed by atoms with Gasteiger partial charge in [0.05, 0.1) is 16.8 Å². The van der Waals surface area contributed by atoms with E-state index in [0.717, 1.165) is 6.26 Å². The van der Waals surface area contributed by atoms with Crippen LogP contribution in [0, 0.1) is 0 Å². The number of hydrogen-bond acceptors (Lipinski definition) is 5. The van der Waals surface area contributed by atoms with Crippen molar-refractivity contribution >= 4 is 66.2 Å². The molecule has 0 aromatic heterocycles. The third kappa shape index (κ3) is 6.60. The summed E-state index contributed by atoms with van der Waals surface area (Å²) in [5.74, 6) is -0.496. The molecule has 12 heteroatoms. The monoisotopic (exact) mass is 513 g/mol. The van der Waals surface area contributed by atoms with E-state index in [9.17, 15) is 21.6 Å². The van der Waals surface area contributed by atoms with Crippen molar-refractivity contribution in [3.05, 3.63) is 82.3 Å². The Bertz CT molecular complexity index is 1360. The molecule has 0 radical (unpaired) electrons. The highest BCUT2D eigenvalue weighted by Crippen LogP contribution is 2.25. The minimum Gasteiger partial charge on any atom is -0.322 e. The van der Waals surface area contributed by atoms with Crippen LogP contribution in [0.25, 0.3) is 0 Å². The molecule has 1 amide bonds. The fourth-order valence-electron chi connectivity index (χ4n) is 2.69. The lowest BCUT2D eigenvalue weighted by atomic mass is 10.2. The third-order valence-electron chi connectivity index (χ3n) is 3.97. The van der Waals surface area contributed by atoms with Crippen LogP contribution in [0.1, 0.15) is 10.4 Å². The van der Waals surface area contributed by atoms with Gasteiger partial charge in [0.15, 0.2) is 0 Å². The van der Waals surface area contributed by atoms with Crippen LogP contribution in [0.2, 0.25) is 10.0 Å². The van der Waals surface area contributed by atoms with Crippen molar-refractivity contribution in [2.75, 3.05) is 21.0 Å². The Labute approximate surface area is 195 Å². The molecule has 3 aromatic rings. The third-order valence-corrected chi connectivity index (χ3v) is 6.41. The maximum atomic E-state index is 12.6. The Morgan fingerprint density at radius 3 is 1.97 bits per heavy atom. The van der Waals surface area contributed by atoms with E-state index in [1.54, 1.807) is 0 Å². The molecule has 3 rings (SSSR count). The Kier molecular flexibility index (Phi) is 6.99. The Balaban J connectivity index is 1.73. The minimum absolute atomic E-state index is 0.0362. The van der Waals surface area contributed by atoms with E-state index in [2.05, 4.69) is 14.8 Å². The molecule has 0 spiro atoms. The second-order valence-electron chi connectivity index (χ2n) is 6.70. The minimum atomic E-state index is -3.91. The van der Waals surface area contributed by atoms with Crippen molar-refractivity contribution < 1.29 is 21.6 Å². The highest BCUT2D eigenvalue weighted by Gasteiger charge is 2.15. The van der Waals surface area contributed by atoms with Crippen molar-refractivity contribution in [3.63, 3.8) is 0 Å². The molecule has 0 unspecified atom stereocenters. The number of rotatable bonds is 7. The number of halogens is 2. The van der Waals surface area contributed by atoms with E-state index in [1.165, 1.54) is 66.7 Å². The lowest BCUT2D eigenvalue weighted by molar-refractivity contribution is 0.102. The first-order chi connectivity index (χ1) is 14.9. The average Bonchev–Trinajstić information content (AvgIpc) is 2.66. The number of nitrogens with one attached hydrogen (secondary N) is 3. The first-order valence-corrected chi connectivity index (χ1v) is 13.0. The number of benzene rings is 3. The molecule has 0 aliphatic rings. The number of carbonyl (C=O) groups is 1. The van der Waals surface area contributed by atoms with Gasteiger partial charge in [-0.05, 0) is 60.7 Å². The lowest BCUT2D eigenvalue weighted by Crippen LogP contribution is -2.15. The summed E-state index contributed by atoms with van der Waals surface area (Å²) in [5, 5.41) is 3.19. The van der Waals surface area contributed by atoms with Gasteiger partial charge in [0.25, 0.3) is 15.9 Å². The average molecular weight is 514 g/mol. The number of carbonyl (C=O) groups excluding carboxylic acids is 1. The highest BCUT2D eigenvalue weighted by molar-refractivity contribution is 7.92. The van der Waals surface area contributed by atoms with Crippen LogP contribution in [0.4, 0.5) is 17.1 Å². The van der Waals surface area contributed by atoms with E-state index in [4.69, 9.17) is 23.2 Å². The molecule has 3 aromatic carbocycles. The van der Waals surface area contributed by atoms with Crippen molar-refractivity contribution in [2.24, 2.45) is 0 Å². The summed E-state index contributed by atoms with van der Waals surface area (Å²) in [6.45, 7) is 0. The summed E-state index contributed by atoms with van der Waals surface area (Å²) in [7, 11) is -7.40. The summed E-state index contributed by atoms with van der Waals surface area (Å²) in [6.07, 6.45) is 1.01. The maximum absolute atomic E-state index is 12.6. The SMILES string of the molecule is CS(=O)(=O)Nc1cccc(C(=O)Nc2ccc(S(=O)(=O)Nc3cc(Cl)cc(Cl)c3)cc2)c1. The van der Waals surface area contributed by atoms with Crippen LogP contribution in [0.15, 0.2) is 71.6 Å². The zero-order chi connectivity index (χ0) is 23.5. The zero-order valence-corrected chi connectivity index (χ0v) is 19.6. The molecule has 0 aliphatic carbocycles. The zero-order valence-electron chi connectivity index (χ0n) is 16.5. The smallest absolute Gasteiger partial charge is 0.261 e. The van der Waals surface area contributed by atoms with Crippen LogP contribution >= 0.6 is 23.2 Å². The van der Waals surface area contributed by atoms with Gasteiger partial charge in [0.1, 0.15) is 0 Å². The van der Waals surface area contributed by atoms with Crippen LogP contribution in [0.5, 0.6) is 0 Å². The molecule has 168 valence electrons. The van der Waals surface area contributed by atoms with E-state index in [-0.39, 0.29) is 31.9 Å². The number of anilines is 3. The van der Waals surface area contributed by atoms with E-state index >= 15 is 0 Å². The largest absolute Gasteiger partial charge is 0.322 e. The van der Waals surface area contributed by atoms with E-state index < -0.39 is 26.0 Å². The molecule has 32 heavy (non-hydrogen) atoms. The quantitative estimate of drug-likeness (QED) is 0.431. The van der Waals surface area contributed by atoms with Gasteiger partial charge in [0, 0.05) is 27.0 Å². The Hall–Kier alpha value is -2.79. The molecule has 0 heterocycles. The van der Waals surface area contributed by atoms with Gasteiger partial charge in [-0.15, -0.1) is 0 Å². The first kappa shape index (κ1) is 23.9. The predicted octanol–water partition coefficient (Wildman–Crippen LogP) is 4.42. The summed E-state index contributed by atoms with van der Waals surface area (Å²) in [5.41, 5.74) is 1.02. The van der Waals surface area contributed by atoms with Crippen molar-refractivity contribution in [2.45, 2.75) is 4.90 Å². The molecular formula is C20H17Cl2N3O5S2. The molecule has 3 N–H and O–H groups in total. The molecule has 0 saturated carbocycles. The predicted molar refractivity (Wildman–Crippen MR) is 127 cm³/mol. The molecule has 0 bridgehead atoms. The molecular weight excluding hydrogens is 497 g/mol. The fourth-order valence-corrected chi connectivity index (χ4v) is 4.81. The normalized spacial score (nSPS) is 11.6. The molecule has 8 nitrogen and oxygen atoms in total. The van der Waals surface area contributed by atoms with Gasteiger partial charge in [-0.3, -0.25) is 14.2 Å². The molecule has 0 saturated heterocycles. The van der Waals surface area contributed by atoms with Crippen molar-refractivity contribution in [1.29, 1.82) is 0 Å². The highest BCUT2D eigenvalue weighted by atomic mass is 35.5. The second kappa shape index (κ2) is 9.37.